The summed E-state index contributed by atoms with van der Waals surface area (Å²) in [5.74, 6) is 0.410. The number of anilines is 1. The lowest BCUT2D eigenvalue weighted by Gasteiger charge is -2.24. The van der Waals surface area contributed by atoms with Crippen LogP contribution < -0.4 is 16.0 Å². The number of halogens is 2. The third-order valence-corrected chi connectivity index (χ3v) is 4.97. The van der Waals surface area contributed by atoms with Crippen molar-refractivity contribution in [3.05, 3.63) is 64.4 Å². The summed E-state index contributed by atoms with van der Waals surface area (Å²) in [4.78, 5) is 16.6. The maximum absolute atomic E-state index is 13.2. The third-order valence-electron chi connectivity index (χ3n) is 4.62. The quantitative estimate of drug-likeness (QED) is 0.510. The Labute approximate surface area is 169 Å². The van der Waals surface area contributed by atoms with Gasteiger partial charge in [0.15, 0.2) is 5.96 Å². The van der Waals surface area contributed by atoms with Crippen LogP contribution in [0.3, 0.4) is 0 Å². The summed E-state index contributed by atoms with van der Waals surface area (Å²) < 4.78 is 13.2. The molecule has 1 heterocycles. The molecule has 0 spiro atoms. The molecule has 7 heteroatoms. The van der Waals surface area contributed by atoms with Gasteiger partial charge in [-0.05, 0) is 42.7 Å². The molecule has 1 unspecified atom stereocenters. The molecular formula is C21H24ClFN4O. The number of guanidine groups is 1. The molecule has 2 aromatic carbocycles. The zero-order valence-corrected chi connectivity index (χ0v) is 16.5. The standard InChI is InChI=1S/C21H24ClFN4O/c1-2-24-21(25-10-9-14-7-8-16(23)12-18(14)22)26-13-15-11-20(28)27-19-6-4-3-5-17(15)19/h3-8,12,15H,2,9-11,13H2,1H3,(H,27,28)(H2,24,25,26). The van der Waals surface area contributed by atoms with E-state index in [1.807, 2.05) is 31.2 Å². The zero-order chi connectivity index (χ0) is 19.9. The largest absolute Gasteiger partial charge is 0.357 e. The van der Waals surface area contributed by atoms with Crippen molar-refractivity contribution in [3.8, 4) is 0 Å². The molecule has 148 valence electrons. The Balaban J connectivity index is 1.62. The van der Waals surface area contributed by atoms with Crippen LogP contribution in [0.15, 0.2) is 47.5 Å². The highest BCUT2D eigenvalue weighted by atomic mass is 35.5. The number of fused-ring (bicyclic) bond motifs is 1. The zero-order valence-electron chi connectivity index (χ0n) is 15.8. The van der Waals surface area contributed by atoms with Gasteiger partial charge in [0.05, 0.1) is 6.54 Å². The molecule has 0 bridgehead atoms. The van der Waals surface area contributed by atoms with Gasteiger partial charge >= 0.3 is 0 Å². The van der Waals surface area contributed by atoms with Crippen LogP contribution in [0.2, 0.25) is 5.02 Å². The molecule has 0 aromatic heterocycles. The average molecular weight is 403 g/mol. The van der Waals surface area contributed by atoms with Gasteiger partial charge in [-0.2, -0.15) is 0 Å². The fourth-order valence-electron chi connectivity index (χ4n) is 3.25. The van der Waals surface area contributed by atoms with E-state index in [9.17, 15) is 9.18 Å². The predicted octanol–water partition coefficient (Wildman–Crippen LogP) is 3.70. The van der Waals surface area contributed by atoms with Crippen molar-refractivity contribution in [2.75, 3.05) is 25.0 Å². The minimum atomic E-state index is -0.339. The number of carbonyl (C=O) groups excluding carboxylic acids is 1. The third kappa shape index (κ3) is 5.23. The number of nitrogens with one attached hydrogen (secondary N) is 3. The Morgan fingerprint density at radius 3 is 2.89 bits per heavy atom. The smallest absolute Gasteiger partial charge is 0.225 e. The Morgan fingerprint density at radius 2 is 2.11 bits per heavy atom. The SMILES string of the molecule is CCNC(=NCC1CC(=O)Nc2ccccc21)NCCc1ccc(F)cc1Cl. The Morgan fingerprint density at radius 1 is 1.29 bits per heavy atom. The first kappa shape index (κ1) is 20.1. The van der Waals surface area contributed by atoms with Crippen molar-refractivity contribution < 1.29 is 9.18 Å². The van der Waals surface area contributed by atoms with Crippen LogP contribution >= 0.6 is 11.6 Å². The molecule has 3 N–H and O–H groups in total. The Hall–Kier alpha value is -2.60. The molecule has 0 fully saturated rings. The maximum Gasteiger partial charge on any atom is 0.225 e. The summed E-state index contributed by atoms with van der Waals surface area (Å²) in [5, 5.41) is 9.82. The van der Waals surface area contributed by atoms with Gasteiger partial charge in [-0.15, -0.1) is 0 Å². The van der Waals surface area contributed by atoms with E-state index in [0.717, 1.165) is 23.4 Å². The molecule has 0 aliphatic carbocycles. The first-order chi connectivity index (χ1) is 13.6. The number of amides is 1. The monoisotopic (exact) mass is 402 g/mol. The highest BCUT2D eigenvalue weighted by molar-refractivity contribution is 6.31. The molecule has 1 amide bonds. The van der Waals surface area contributed by atoms with Crippen LogP contribution in [0.25, 0.3) is 0 Å². The second kappa shape index (κ2) is 9.55. The van der Waals surface area contributed by atoms with Crippen LogP contribution in [-0.2, 0) is 11.2 Å². The van der Waals surface area contributed by atoms with Crippen LogP contribution in [0.5, 0.6) is 0 Å². The van der Waals surface area contributed by atoms with E-state index in [-0.39, 0.29) is 17.6 Å². The van der Waals surface area contributed by atoms with Gasteiger partial charge in [0.25, 0.3) is 0 Å². The van der Waals surface area contributed by atoms with E-state index in [2.05, 4.69) is 20.9 Å². The maximum atomic E-state index is 13.2. The highest BCUT2D eigenvalue weighted by Gasteiger charge is 2.24. The minimum absolute atomic E-state index is 0.0165. The molecule has 1 aliphatic heterocycles. The molecule has 5 nitrogen and oxygen atoms in total. The molecule has 1 atom stereocenters. The van der Waals surface area contributed by atoms with Crippen molar-refractivity contribution in [1.82, 2.24) is 10.6 Å². The fourth-order valence-corrected chi connectivity index (χ4v) is 3.51. The van der Waals surface area contributed by atoms with Crippen LogP contribution in [-0.4, -0.2) is 31.5 Å². The lowest BCUT2D eigenvalue weighted by Crippen LogP contribution is -2.39. The normalized spacial score (nSPS) is 16.3. The van der Waals surface area contributed by atoms with Crippen molar-refractivity contribution >= 4 is 29.2 Å². The molecule has 28 heavy (non-hydrogen) atoms. The lowest BCUT2D eigenvalue weighted by molar-refractivity contribution is -0.116. The average Bonchev–Trinajstić information content (AvgIpc) is 2.67. The van der Waals surface area contributed by atoms with E-state index in [1.54, 1.807) is 6.07 Å². The summed E-state index contributed by atoms with van der Waals surface area (Å²) >= 11 is 6.08. The number of aliphatic imine (C=N–C) groups is 1. The molecule has 1 aliphatic rings. The number of para-hydroxylation sites is 1. The number of rotatable bonds is 6. The van der Waals surface area contributed by atoms with Crippen molar-refractivity contribution in [1.29, 1.82) is 0 Å². The van der Waals surface area contributed by atoms with Gasteiger partial charge in [0, 0.05) is 36.1 Å². The van der Waals surface area contributed by atoms with Crippen LogP contribution in [0.4, 0.5) is 10.1 Å². The van der Waals surface area contributed by atoms with E-state index < -0.39 is 0 Å². The summed E-state index contributed by atoms with van der Waals surface area (Å²) in [6.45, 7) is 3.85. The highest BCUT2D eigenvalue weighted by Crippen LogP contribution is 2.31. The number of hydrogen-bond donors (Lipinski definition) is 3. The van der Waals surface area contributed by atoms with E-state index in [0.29, 0.717) is 36.9 Å². The van der Waals surface area contributed by atoms with Gasteiger partial charge in [0.2, 0.25) is 5.91 Å². The summed E-state index contributed by atoms with van der Waals surface area (Å²) in [7, 11) is 0. The van der Waals surface area contributed by atoms with Gasteiger partial charge < -0.3 is 16.0 Å². The number of carbonyl (C=O) groups is 1. The summed E-state index contributed by atoms with van der Waals surface area (Å²) in [6, 6.07) is 12.3. The Kier molecular flexibility index (Phi) is 6.87. The molecule has 0 radical (unpaired) electrons. The van der Waals surface area contributed by atoms with E-state index >= 15 is 0 Å². The van der Waals surface area contributed by atoms with Crippen molar-refractivity contribution in [3.63, 3.8) is 0 Å². The summed E-state index contributed by atoms with van der Waals surface area (Å²) in [5.41, 5.74) is 2.85. The molecule has 0 saturated heterocycles. The Bertz CT molecular complexity index is 871. The molecule has 3 rings (SSSR count). The minimum Gasteiger partial charge on any atom is -0.357 e. The van der Waals surface area contributed by atoms with Gasteiger partial charge in [-0.25, -0.2) is 4.39 Å². The second-order valence-electron chi connectivity index (χ2n) is 6.67. The predicted molar refractivity (Wildman–Crippen MR) is 112 cm³/mol. The number of benzene rings is 2. The first-order valence-corrected chi connectivity index (χ1v) is 9.79. The summed E-state index contributed by atoms with van der Waals surface area (Å²) in [6.07, 6.45) is 1.07. The number of nitrogens with zero attached hydrogens (tertiary/aromatic N) is 1. The fraction of sp³-hybridized carbons (Fsp3) is 0.333. The van der Waals surface area contributed by atoms with Crippen LogP contribution in [0.1, 0.15) is 30.4 Å². The lowest BCUT2D eigenvalue weighted by atomic mass is 9.91. The van der Waals surface area contributed by atoms with Crippen molar-refractivity contribution in [2.24, 2.45) is 4.99 Å². The molecule has 2 aromatic rings. The van der Waals surface area contributed by atoms with E-state index in [1.165, 1.54) is 12.1 Å². The second-order valence-corrected chi connectivity index (χ2v) is 7.08. The topological polar surface area (TPSA) is 65.5 Å². The van der Waals surface area contributed by atoms with Crippen molar-refractivity contribution in [2.45, 2.75) is 25.7 Å². The van der Waals surface area contributed by atoms with Gasteiger partial charge in [-0.3, -0.25) is 9.79 Å². The van der Waals surface area contributed by atoms with Gasteiger partial charge in [0.1, 0.15) is 5.82 Å². The van der Waals surface area contributed by atoms with Crippen LogP contribution in [0, 0.1) is 5.82 Å². The first-order valence-electron chi connectivity index (χ1n) is 9.41. The van der Waals surface area contributed by atoms with E-state index in [4.69, 9.17) is 11.6 Å². The van der Waals surface area contributed by atoms with Gasteiger partial charge in [-0.1, -0.05) is 35.9 Å². The molecule has 0 saturated carbocycles. The molecular weight excluding hydrogens is 379 g/mol. The number of hydrogen-bond acceptors (Lipinski definition) is 2.